The van der Waals surface area contributed by atoms with Crippen LogP contribution in [0.15, 0.2) is 48.7 Å². The Bertz CT molecular complexity index is 1380. The van der Waals surface area contributed by atoms with Gasteiger partial charge in [-0.2, -0.15) is 0 Å². The van der Waals surface area contributed by atoms with Crippen molar-refractivity contribution in [2.75, 3.05) is 6.61 Å². The number of aliphatic carboxylic acids is 1. The maximum atomic E-state index is 13.7. The van der Waals surface area contributed by atoms with E-state index in [1.165, 1.54) is 12.1 Å². The molecule has 2 aromatic carbocycles. The van der Waals surface area contributed by atoms with Crippen molar-refractivity contribution >= 4 is 17.0 Å². The van der Waals surface area contributed by atoms with E-state index in [4.69, 9.17) is 9.72 Å². The number of benzene rings is 2. The summed E-state index contributed by atoms with van der Waals surface area (Å²) in [7, 11) is 0. The van der Waals surface area contributed by atoms with Crippen molar-refractivity contribution in [1.82, 2.24) is 9.55 Å². The van der Waals surface area contributed by atoms with Gasteiger partial charge >= 0.3 is 5.97 Å². The molecule has 1 aliphatic rings. The summed E-state index contributed by atoms with van der Waals surface area (Å²) in [5.41, 5.74) is 5.37. The number of nitrogens with zero attached hydrogens (tertiary/aromatic N) is 2. The van der Waals surface area contributed by atoms with Crippen LogP contribution in [0, 0.1) is 18.6 Å². The molecule has 5 rings (SSSR count). The van der Waals surface area contributed by atoms with Crippen molar-refractivity contribution in [2.24, 2.45) is 0 Å². The molecule has 5 nitrogen and oxygen atoms in total. The first-order valence-corrected chi connectivity index (χ1v) is 10.3. The molecule has 0 amide bonds. The van der Waals surface area contributed by atoms with Crippen LogP contribution in [-0.4, -0.2) is 27.2 Å². The number of carboxylic acid groups (broad SMARTS) is 1. The molecule has 0 bridgehead atoms. The second-order valence-corrected chi connectivity index (χ2v) is 7.97. The van der Waals surface area contributed by atoms with Gasteiger partial charge < -0.3 is 14.4 Å². The van der Waals surface area contributed by atoms with Gasteiger partial charge in [-0.05, 0) is 65.1 Å². The van der Waals surface area contributed by atoms with E-state index < -0.39 is 17.6 Å². The van der Waals surface area contributed by atoms with Gasteiger partial charge in [0.2, 0.25) is 0 Å². The van der Waals surface area contributed by atoms with Crippen LogP contribution in [0.1, 0.15) is 22.4 Å². The molecule has 7 heteroatoms. The van der Waals surface area contributed by atoms with Gasteiger partial charge in [-0.1, -0.05) is 12.1 Å². The fraction of sp³-hybridized carbons (Fsp3) is 0.200. The number of carboxylic acids is 1. The highest BCUT2D eigenvalue weighted by atomic mass is 19.2. The van der Waals surface area contributed by atoms with Gasteiger partial charge in [-0.3, -0.25) is 4.79 Å². The predicted molar refractivity (Wildman–Crippen MR) is 116 cm³/mol. The number of hydrogen-bond donors (Lipinski definition) is 1. The molecular formula is C25H20F2N2O3. The lowest BCUT2D eigenvalue weighted by molar-refractivity contribution is -0.136. The molecule has 1 N–H and O–H groups in total. The zero-order valence-electron chi connectivity index (χ0n) is 17.4. The van der Waals surface area contributed by atoms with E-state index in [1.54, 1.807) is 6.92 Å². The molecule has 2 aromatic heterocycles. The Morgan fingerprint density at radius 3 is 2.78 bits per heavy atom. The molecule has 0 aliphatic carbocycles. The molecule has 0 spiro atoms. The smallest absolute Gasteiger partial charge is 0.307 e. The summed E-state index contributed by atoms with van der Waals surface area (Å²) in [6.45, 7) is 2.74. The van der Waals surface area contributed by atoms with Crippen molar-refractivity contribution in [2.45, 2.75) is 26.3 Å². The molecule has 1 aliphatic heterocycles. The molecule has 0 fully saturated rings. The van der Waals surface area contributed by atoms with Crippen LogP contribution in [0.25, 0.3) is 22.2 Å². The van der Waals surface area contributed by atoms with Gasteiger partial charge in [-0.25, -0.2) is 13.8 Å². The minimum Gasteiger partial charge on any atom is -0.493 e. The first-order valence-electron chi connectivity index (χ1n) is 10.3. The third-order valence-electron chi connectivity index (χ3n) is 5.86. The second-order valence-electron chi connectivity index (χ2n) is 7.97. The third kappa shape index (κ3) is 3.49. The maximum absolute atomic E-state index is 13.7. The first kappa shape index (κ1) is 20.2. The summed E-state index contributed by atoms with van der Waals surface area (Å²) < 4.78 is 34.5. The lowest BCUT2D eigenvalue weighted by Crippen LogP contribution is -2.08. The lowest BCUT2D eigenvalue weighted by atomic mass is 9.93. The van der Waals surface area contributed by atoms with Crippen LogP contribution in [0.4, 0.5) is 8.78 Å². The fourth-order valence-corrected chi connectivity index (χ4v) is 4.36. The third-order valence-corrected chi connectivity index (χ3v) is 5.86. The zero-order chi connectivity index (χ0) is 22.4. The Morgan fingerprint density at radius 2 is 2.00 bits per heavy atom. The number of halogens is 2. The van der Waals surface area contributed by atoms with E-state index >= 15 is 0 Å². The molecule has 0 unspecified atom stereocenters. The maximum Gasteiger partial charge on any atom is 0.307 e. The van der Waals surface area contributed by atoms with Crippen molar-refractivity contribution in [3.8, 4) is 16.9 Å². The average Bonchev–Trinajstić information content (AvgIpc) is 3.37. The van der Waals surface area contributed by atoms with Crippen molar-refractivity contribution in [3.05, 3.63) is 82.7 Å². The Labute approximate surface area is 182 Å². The molecule has 3 heterocycles. The lowest BCUT2D eigenvalue weighted by Gasteiger charge is -2.15. The van der Waals surface area contributed by atoms with E-state index in [0.29, 0.717) is 35.6 Å². The Balaban J connectivity index is 1.68. The minimum atomic E-state index is -0.929. The molecule has 0 atom stereocenters. The van der Waals surface area contributed by atoms with Gasteiger partial charge in [0.25, 0.3) is 0 Å². The molecule has 162 valence electrons. The largest absolute Gasteiger partial charge is 0.493 e. The Hall–Kier alpha value is -3.74. The van der Waals surface area contributed by atoms with Crippen LogP contribution in [0.2, 0.25) is 0 Å². The number of ether oxygens (including phenoxy) is 1. The van der Waals surface area contributed by atoms with E-state index in [1.807, 2.05) is 29.0 Å². The topological polar surface area (TPSA) is 64.4 Å². The van der Waals surface area contributed by atoms with Crippen molar-refractivity contribution in [3.63, 3.8) is 0 Å². The number of aryl methyl sites for hydroxylation is 1. The standard InChI is InChI=1S/C25H20F2N2O3/c1-14-19(12-23(30)31)24(17-3-5-22-16(11-17)7-9-32-22)18-6-8-29(25(18)28-14)13-15-2-4-20(26)21(27)10-15/h2-6,8,10-11H,7,9,12-13H2,1H3,(H,30,31). The highest BCUT2D eigenvalue weighted by Gasteiger charge is 2.21. The van der Waals surface area contributed by atoms with Crippen LogP contribution in [0.3, 0.4) is 0 Å². The highest BCUT2D eigenvalue weighted by molar-refractivity contribution is 5.97. The molecule has 4 aromatic rings. The summed E-state index contributed by atoms with van der Waals surface area (Å²) >= 11 is 0. The SMILES string of the molecule is Cc1nc2c(ccn2Cc2ccc(F)c(F)c2)c(-c2ccc3c(c2)CCO3)c1CC(=O)O. The normalized spacial score (nSPS) is 12.7. The second kappa shape index (κ2) is 7.75. The van der Waals surface area contributed by atoms with Gasteiger partial charge in [0.05, 0.1) is 13.0 Å². The molecule has 32 heavy (non-hydrogen) atoms. The summed E-state index contributed by atoms with van der Waals surface area (Å²) in [4.78, 5) is 16.3. The van der Waals surface area contributed by atoms with Gasteiger partial charge in [0.15, 0.2) is 11.6 Å². The minimum absolute atomic E-state index is 0.147. The molecule has 0 radical (unpaired) electrons. The number of carbonyl (C=O) groups is 1. The van der Waals surface area contributed by atoms with Gasteiger partial charge in [0, 0.05) is 30.2 Å². The average molecular weight is 434 g/mol. The number of fused-ring (bicyclic) bond motifs is 2. The fourth-order valence-electron chi connectivity index (χ4n) is 4.36. The molecule has 0 saturated heterocycles. The number of pyridine rings is 1. The summed E-state index contributed by atoms with van der Waals surface area (Å²) in [5, 5.41) is 10.3. The summed E-state index contributed by atoms with van der Waals surface area (Å²) in [5.74, 6) is -1.86. The van der Waals surface area contributed by atoms with Crippen molar-refractivity contribution < 1.29 is 23.4 Å². The van der Waals surface area contributed by atoms with Crippen LogP contribution >= 0.6 is 0 Å². The first-order chi connectivity index (χ1) is 15.4. The van der Waals surface area contributed by atoms with Crippen molar-refractivity contribution in [1.29, 1.82) is 0 Å². The van der Waals surface area contributed by atoms with E-state index in [-0.39, 0.29) is 6.42 Å². The predicted octanol–water partition coefficient (Wildman–Crippen LogP) is 4.90. The Morgan fingerprint density at radius 1 is 1.16 bits per heavy atom. The van der Waals surface area contributed by atoms with E-state index in [9.17, 15) is 18.7 Å². The zero-order valence-corrected chi connectivity index (χ0v) is 17.4. The van der Waals surface area contributed by atoms with Crippen LogP contribution < -0.4 is 4.74 Å². The van der Waals surface area contributed by atoms with Gasteiger partial charge in [-0.15, -0.1) is 0 Å². The Kier molecular flexibility index (Phi) is 4.89. The number of rotatable bonds is 5. The van der Waals surface area contributed by atoms with E-state index in [2.05, 4.69) is 6.07 Å². The van der Waals surface area contributed by atoms with Gasteiger partial charge in [0.1, 0.15) is 11.4 Å². The van der Waals surface area contributed by atoms with E-state index in [0.717, 1.165) is 40.3 Å². The molecule has 0 saturated carbocycles. The number of aromatic nitrogens is 2. The van der Waals surface area contributed by atoms with Crippen LogP contribution in [0.5, 0.6) is 5.75 Å². The molecular weight excluding hydrogens is 414 g/mol. The quantitative estimate of drug-likeness (QED) is 0.485. The number of hydrogen-bond acceptors (Lipinski definition) is 3. The monoisotopic (exact) mass is 434 g/mol. The highest BCUT2D eigenvalue weighted by Crippen LogP contribution is 2.37. The van der Waals surface area contributed by atoms with Crippen LogP contribution in [-0.2, 0) is 24.2 Å². The summed E-state index contributed by atoms with van der Waals surface area (Å²) in [6.07, 6.45) is 2.50. The summed E-state index contributed by atoms with van der Waals surface area (Å²) in [6, 6.07) is 11.6.